The van der Waals surface area contributed by atoms with Crippen molar-refractivity contribution in [1.29, 1.82) is 0 Å². The molecule has 0 atom stereocenters. The van der Waals surface area contributed by atoms with Gasteiger partial charge in [-0.1, -0.05) is 28.9 Å². The van der Waals surface area contributed by atoms with Gasteiger partial charge in [-0.15, -0.1) is 5.10 Å². The largest absolute Gasteiger partial charge is 0.349 e. The molecular formula is C29H28ClN7O2. The fourth-order valence-corrected chi connectivity index (χ4v) is 5.64. The van der Waals surface area contributed by atoms with Gasteiger partial charge in [-0.2, -0.15) is 0 Å². The predicted octanol–water partition coefficient (Wildman–Crippen LogP) is 4.72. The molecule has 0 saturated heterocycles. The molecular weight excluding hydrogens is 514 g/mol. The Bertz CT molecular complexity index is 1680. The standard InChI is InChI=1S/C29H28ClN7O2/c1-19-25(16-21(30)17-31-19)28(38)33-22-8-6-20(7-9-22)18-35-26-4-2-3-5-27(26)37(29(35)39)24-12-10-23(11-13-24)36-15-14-32-34-36/h2-5,10-17,20,22H,6-9,18H2,1H3,(H,33,38). The number of carbonyl (C=O) groups excluding carboxylic acids is 1. The number of imidazole rings is 1. The summed E-state index contributed by atoms with van der Waals surface area (Å²) in [4.78, 5) is 30.7. The van der Waals surface area contributed by atoms with Crippen LogP contribution >= 0.6 is 11.6 Å². The molecule has 1 saturated carbocycles. The molecule has 3 heterocycles. The Morgan fingerprint density at radius 3 is 2.46 bits per heavy atom. The molecule has 9 nitrogen and oxygen atoms in total. The number of aromatic nitrogens is 6. The zero-order valence-electron chi connectivity index (χ0n) is 21.5. The van der Waals surface area contributed by atoms with Crippen molar-refractivity contribution in [3.8, 4) is 11.4 Å². The number of rotatable bonds is 6. The SMILES string of the molecule is Cc1ncc(Cl)cc1C(=O)NC1CCC(Cn2c(=O)n(-c3ccc(-n4ccnn4)cc3)c3ccccc32)CC1. The number of fused-ring (bicyclic) bond motifs is 1. The second-order valence-electron chi connectivity index (χ2n) is 10.1. The summed E-state index contributed by atoms with van der Waals surface area (Å²) in [5.41, 5.74) is 4.59. The molecule has 198 valence electrons. The molecule has 1 N–H and O–H groups in total. The van der Waals surface area contributed by atoms with E-state index in [2.05, 4.69) is 20.6 Å². The van der Waals surface area contributed by atoms with Gasteiger partial charge in [-0.05, 0) is 81.0 Å². The van der Waals surface area contributed by atoms with Crippen molar-refractivity contribution < 1.29 is 4.79 Å². The van der Waals surface area contributed by atoms with E-state index in [1.165, 1.54) is 0 Å². The normalized spacial score (nSPS) is 17.4. The van der Waals surface area contributed by atoms with E-state index in [1.54, 1.807) is 33.9 Å². The molecule has 6 rings (SSSR count). The number of halogens is 1. The maximum Gasteiger partial charge on any atom is 0.333 e. The summed E-state index contributed by atoms with van der Waals surface area (Å²) in [5.74, 6) is 0.208. The highest BCUT2D eigenvalue weighted by Crippen LogP contribution is 2.28. The minimum absolute atomic E-state index is 0.0518. The number of aryl methyl sites for hydroxylation is 1. The van der Waals surface area contributed by atoms with Crippen LogP contribution in [0.25, 0.3) is 22.4 Å². The van der Waals surface area contributed by atoms with Crippen molar-refractivity contribution in [2.75, 3.05) is 0 Å². The van der Waals surface area contributed by atoms with Crippen LogP contribution < -0.4 is 11.0 Å². The van der Waals surface area contributed by atoms with E-state index in [1.807, 2.05) is 60.0 Å². The first-order chi connectivity index (χ1) is 19.0. The number of benzene rings is 2. The molecule has 5 aromatic rings. The van der Waals surface area contributed by atoms with Crippen LogP contribution in [-0.4, -0.2) is 41.1 Å². The predicted molar refractivity (Wildman–Crippen MR) is 150 cm³/mol. The lowest BCUT2D eigenvalue weighted by Gasteiger charge is -2.29. The summed E-state index contributed by atoms with van der Waals surface area (Å²) < 4.78 is 5.35. The molecule has 1 aliphatic rings. The number of hydrogen-bond acceptors (Lipinski definition) is 5. The maximum absolute atomic E-state index is 13.7. The van der Waals surface area contributed by atoms with Gasteiger partial charge in [0.1, 0.15) is 0 Å². The first-order valence-electron chi connectivity index (χ1n) is 13.1. The van der Waals surface area contributed by atoms with Crippen LogP contribution in [0.4, 0.5) is 0 Å². The Labute approximate surface area is 230 Å². The van der Waals surface area contributed by atoms with Gasteiger partial charge < -0.3 is 5.32 Å². The summed E-state index contributed by atoms with van der Waals surface area (Å²) in [6.07, 6.45) is 8.54. The van der Waals surface area contributed by atoms with Gasteiger partial charge in [-0.3, -0.25) is 18.9 Å². The van der Waals surface area contributed by atoms with Crippen molar-refractivity contribution in [2.24, 2.45) is 5.92 Å². The molecule has 3 aromatic heterocycles. The lowest BCUT2D eigenvalue weighted by molar-refractivity contribution is 0.0919. The number of nitrogens with zero attached hydrogens (tertiary/aromatic N) is 6. The third-order valence-corrected chi connectivity index (χ3v) is 7.76. The molecule has 1 fully saturated rings. The van der Waals surface area contributed by atoms with E-state index in [4.69, 9.17) is 11.6 Å². The maximum atomic E-state index is 13.7. The first-order valence-corrected chi connectivity index (χ1v) is 13.5. The fraction of sp³-hybridized carbons (Fsp3) is 0.276. The van der Waals surface area contributed by atoms with Crippen LogP contribution in [0.15, 0.2) is 78.0 Å². The zero-order valence-corrected chi connectivity index (χ0v) is 22.3. The summed E-state index contributed by atoms with van der Waals surface area (Å²) in [6, 6.07) is 17.4. The van der Waals surface area contributed by atoms with Crippen molar-refractivity contribution in [3.05, 3.63) is 100.0 Å². The van der Waals surface area contributed by atoms with E-state index >= 15 is 0 Å². The van der Waals surface area contributed by atoms with E-state index in [9.17, 15) is 9.59 Å². The Balaban J connectivity index is 1.18. The molecule has 0 aliphatic heterocycles. The Morgan fingerprint density at radius 2 is 1.74 bits per heavy atom. The first kappa shape index (κ1) is 25.1. The van der Waals surface area contributed by atoms with Crippen LogP contribution in [0.1, 0.15) is 41.7 Å². The summed E-state index contributed by atoms with van der Waals surface area (Å²) in [7, 11) is 0. The van der Waals surface area contributed by atoms with Crippen LogP contribution in [0.2, 0.25) is 5.02 Å². The summed E-state index contributed by atoms with van der Waals surface area (Å²) >= 11 is 6.04. The summed E-state index contributed by atoms with van der Waals surface area (Å²) in [5, 5.41) is 11.5. The fourth-order valence-electron chi connectivity index (χ4n) is 5.48. The quantitative estimate of drug-likeness (QED) is 0.335. The average molecular weight is 542 g/mol. The molecule has 2 aromatic carbocycles. The molecule has 0 unspecified atom stereocenters. The zero-order chi connectivity index (χ0) is 26.9. The van der Waals surface area contributed by atoms with Crippen LogP contribution in [-0.2, 0) is 6.54 Å². The molecule has 1 amide bonds. The lowest BCUT2D eigenvalue weighted by atomic mass is 9.85. The van der Waals surface area contributed by atoms with E-state index < -0.39 is 0 Å². The van der Waals surface area contributed by atoms with Crippen molar-refractivity contribution >= 4 is 28.5 Å². The average Bonchev–Trinajstić information content (AvgIpc) is 3.58. The van der Waals surface area contributed by atoms with E-state index in [0.29, 0.717) is 28.7 Å². The van der Waals surface area contributed by atoms with Gasteiger partial charge in [-0.25, -0.2) is 9.48 Å². The van der Waals surface area contributed by atoms with Gasteiger partial charge in [0.2, 0.25) is 0 Å². The van der Waals surface area contributed by atoms with Gasteiger partial charge in [0.15, 0.2) is 0 Å². The van der Waals surface area contributed by atoms with E-state index in [0.717, 1.165) is 48.1 Å². The molecule has 0 radical (unpaired) electrons. The second-order valence-corrected chi connectivity index (χ2v) is 10.5. The van der Waals surface area contributed by atoms with Gasteiger partial charge in [0, 0.05) is 18.8 Å². The third kappa shape index (κ3) is 4.97. The van der Waals surface area contributed by atoms with Crippen LogP contribution in [0.5, 0.6) is 0 Å². The number of pyridine rings is 1. The van der Waals surface area contributed by atoms with Crippen LogP contribution in [0.3, 0.4) is 0 Å². The number of para-hydroxylation sites is 2. The molecule has 0 bridgehead atoms. The number of hydrogen-bond donors (Lipinski definition) is 1. The van der Waals surface area contributed by atoms with Gasteiger partial charge in [0.25, 0.3) is 5.91 Å². The number of nitrogens with one attached hydrogen (secondary N) is 1. The van der Waals surface area contributed by atoms with Crippen molar-refractivity contribution in [2.45, 2.75) is 45.2 Å². The molecule has 39 heavy (non-hydrogen) atoms. The highest BCUT2D eigenvalue weighted by molar-refractivity contribution is 6.30. The highest BCUT2D eigenvalue weighted by atomic mass is 35.5. The second kappa shape index (κ2) is 10.5. The number of carbonyl (C=O) groups is 1. The van der Waals surface area contributed by atoms with Crippen molar-refractivity contribution in [1.82, 2.24) is 34.4 Å². The number of amides is 1. The minimum atomic E-state index is -0.139. The highest BCUT2D eigenvalue weighted by Gasteiger charge is 2.25. The van der Waals surface area contributed by atoms with Crippen LogP contribution in [0, 0.1) is 12.8 Å². The third-order valence-electron chi connectivity index (χ3n) is 7.55. The lowest BCUT2D eigenvalue weighted by Crippen LogP contribution is -2.39. The Kier molecular flexibility index (Phi) is 6.74. The van der Waals surface area contributed by atoms with Crippen molar-refractivity contribution in [3.63, 3.8) is 0 Å². The van der Waals surface area contributed by atoms with E-state index in [-0.39, 0.29) is 17.6 Å². The summed E-state index contributed by atoms with van der Waals surface area (Å²) in [6.45, 7) is 2.45. The topological polar surface area (TPSA) is 99.6 Å². The monoisotopic (exact) mass is 541 g/mol. The molecule has 10 heteroatoms. The van der Waals surface area contributed by atoms with Gasteiger partial charge in [0.05, 0.1) is 51.1 Å². The molecule has 0 spiro atoms. The smallest absolute Gasteiger partial charge is 0.333 e. The Morgan fingerprint density at radius 1 is 1.03 bits per heavy atom. The Hall–Kier alpha value is -4.24. The minimum Gasteiger partial charge on any atom is -0.349 e. The molecule has 1 aliphatic carbocycles. The van der Waals surface area contributed by atoms with Gasteiger partial charge >= 0.3 is 5.69 Å².